The van der Waals surface area contributed by atoms with Gasteiger partial charge in [-0.1, -0.05) is 0 Å². The molecule has 27 heavy (non-hydrogen) atoms. The second kappa shape index (κ2) is 11.7. The van der Waals surface area contributed by atoms with Crippen LogP contribution in [0.5, 0.6) is 0 Å². The Bertz CT molecular complexity index is 479. The fourth-order valence-corrected chi connectivity index (χ4v) is 8.07. The van der Waals surface area contributed by atoms with Crippen molar-refractivity contribution in [1.82, 2.24) is 0 Å². The van der Waals surface area contributed by atoms with E-state index in [2.05, 4.69) is 0 Å². The summed E-state index contributed by atoms with van der Waals surface area (Å²) in [4.78, 5) is 12.2. The summed E-state index contributed by atoms with van der Waals surface area (Å²) in [7, 11) is -8.13. The van der Waals surface area contributed by atoms with Gasteiger partial charge in [0.15, 0.2) is 5.40 Å². The van der Waals surface area contributed by atoms with Crippen molar-refractivity contribution >= 4 is 21.2 Å². The van der Waals surface area contributed by atoms with E-state index in [1.807, 2.05) is 0 Å². The Morgan fingerprint density at radius 1 is 0.704 bits per heavy atom. The van der Waals surface area contributed by atoms with Gasteiger partial charge in [0, 0.05) is 0 Å². The topological polar surface area (TPSA) is 97.4 Å². The van der Waals surface area contributed by atoms with Crippen molar-refractivity contribution in [1.29, 1.82) is 0 Å². The zero-order valence-corrected chi connectivity index (χ0v) is 19.8. The third kappa shape index (κ3) is 9.69. The van der Waals surface area contributed by atoms with Gasteiger partial charge in [-0.2, -0.15) is 0 Å². The maximum atomic E-state index is 13.7. The number of carbonyl (C=O) groups is 1. The van der Waals surface area contributed by atoms with Crippen molar-refractivity contribution in [2.24, 2.45) is 0 Å². The van der Waals surface area contributed by atoms with Crippen molar-refractivity contribution < 1.29 is 36.8 Å². The highest BCUT2D eigenvalue weighted by molar-refractivity contribution is 7.72. The molecule has 0 aliphatic carbocycles. The van der Waals surface area contributed by atoms with Gasteiger partial charge in [-0.25, -0.2) is 0 Å². The molecule has 0 aromatic carbocycles. The molecule has 0 saturated carbocycles. The Balaban J connectivity index is 6.30. The Kier molecular flexibility index (Phi) is 11.6. The number of esters is 1. The van der Waals surface area contributed by atoms with Crippen LogP contribution in [0, 0.1) is 0 Å². The molecule has 0 fully saturated rings. The molecule has 0 spiro atoms. The van der Waals surface area contributed by atoms with Crippen molar-refractivity contribution in [3.05, 3.63) is 0 Å². The molecule has 0 aliphatic heterocycles. The molecule has 162 valence electrons. The molecule has 0 bridgehead atoms. The first kappa shape index (κ1) is 26.8. The van der Waals surface area contributed by atoms with Gasteiger partial charge in [0.25, 0.3) is 0 Å². The quantitative estimate of drug-likeness (QED) is 0.285. The molecule has 0 heterocycles. The first-order valence-corrected chi connectivity index (χ1v) is 12.6. The normalized spacial score (nSPS) is 13.4. The molecular formula is C17H36O8P2. The molecular weight excluding hydrogens is 394 g/mol. The number of carbonyl (C=O) groups excluding carboxylic acids is 1. The van der Waals surface area contributed by atoms with Crippen molar-refractivity contribution in [2.45, 2.75) is 98.6 Å². The zero-order valence-electron chi connectivity index (χ0n) is 18.0. The molecule has 0 rings (SSSR count). The molecule has 0 amide bonds. The predicted octanol–water partition coefficient (Wildman–Crippen LogP) is 5.35. The van der Waals surface area contributed by atoms with Gasteiger partial charge in [-0.05, 0) is 62.3 Å². The minimum Gasteiger partial charge on any atom is -0.466 e. The van der Waals surface area contributed by atoms with E-state index in [1.165, 1.54) is 0 Å². The lowest BCUT2D eigenvalue weighted by molar-refractivity contribution is -0.143. The summed E-state index contributed by atoms with van der Waals surface area (Å²) in [5.41, 5.74) is 0. The van der Waals surface area contributed by atoms with E-state index in [4.69, 9.17) is 22.8 Å². The van der Waals surface area contributed by atoms with Gasteiger partial charge in [-0.15, -0.1) is 0 Å². The lowest BCUT2D eigenvalue weighted by Crippen LogP contribution is -2.26. The molecule has 0 N–H and O–H groups in total. The van der Waals surface area contributed by atoms with Gasteiger partial charge in [0.05, 0.1) is 37.4 Å². The third-order valence-electron chi connectivity index (χ3n) is 2.82. The van der Waals surface area contributed by atoms with Crippen molar-refractivity contribution in [2.75, 3.05) is 6.61 Å². The third-order valence-corrected chi connectivity index (χ3v) is 9.20. The SMILES string of the molecule is CCOC(=O)CC(P(=O)(OC(C)C)OC(C)C)P(=O)(OC(C)C)OC(C)C. The Morgan fingerprint density at radius 2 is 1.00 bits per heavy atom. The highest BCUT2D eigenvalue weighted by Crippen LogP contribution is 2.72. The monoisotopic (exact) mass is 430 g/mol. The van der Waals surface area contributed by atoms with Crippen molar-refractivity contribution in [3.63, 3.8) is 0 Å². The van der Waals surface area contributed by atoms with Gasteiger partial charge in [0.2, 0.25) is 0 Å². The number of ether oxygens (including phenoxy) is 1. The first-order valence-electron chi connectivity index (χ1n) is 9.34. The van der Waals surface area contributed by atoms with E-state index in [9.17, 15) is 13.9 Å². The fourth-order valence-electron chi connectivity index (χ4n) is 2.27. The van der Waals surface area contributed by atoms with E-state index in [0.717, 1.165) is 0 Å². The van der Waals surface area contributed by atoms with Gasteiger partial charge in [-0.3, -0.25) is 13.9 Å². The van der Waals surface area contributed by atoms with Gasteiger partial charge in [0.1, 0.15) is 0 Å². The summed E-state index contributed by atoms with van der Waals surface area (Å²) in [6, 6.07) is 0. The minimum atomic E-state index is -4.07. The molecule has 0 atom stereocenters. The summed E-state index contributed by atoms with van der Waals surface area (Å²) >= 11 is 0. The smallest absolute Gasteiger partial charge is 0.346 e. The highest BCUT2D eigenvalue weighted by atomic mass is 31.2. The molecule has 8 nitrogen and oxygen atoms in total. The van der Waals surface area contributed by atoms with E-state index in [0.29, 0.717) is 0 Å². The molecule has 0 aromatic rings. The number of rotatable bonds is 13. The van der Waals surface area contributed by atoms with Crippen LogP contribution in [0.1, 0.15) is 68.7 Å². The van der Waals surface area contributed by atoms with E-state index in [-0.39, 0.29) is 6.61 Å². The summed E-state index contributed by atoms with van der Waals surface area (Å²) in [6.07, 6.45) is -2.45. The average molecular weight is 430 g/mol. The lowest BCUT2D eigenvalue weighted by atomic mass is 10.5. The average Bonchev–Trinajstić information content (AvgIpc) is 2.40. The highest BCUT2D eigenvalue weighted by Gasteiger charge is 2.54. The molecule has 0 unspecified atom stereocenters. The molecule has 0 radical (unpaired) electrons. The van der Waals surface area contributed by atoms with E-state index >= 15 is 0 Å². The lowest BCUT2D eigenvalue weighted by Gasteiger charge is -2.34. The van der Waals surface area contributed by atoms with Gasteiger partial charge < -0.3 is 22.8 Å². The largest absolute Gasteiger partial charge is 0.466 e. The maximum absolute atomic E-state index is 13.7. The van der Waals surface area contributed by atoms with Crippen LogP contribution in [-0.2, 0) is 36.8 Å². The Labute approximate surface area is 163 Å². The second-order valence-corrected chi connectivity index (χ2v) is 11.8. The van der Waals surface area contributed by atoms with Crippen LogP contribution < -0.4 is 0 Å². The molecule has 0 aromatic heterocycles. The number of hydrogen-bond acceptors (Lipinski definition) is 8. The van der Waals surface area contributed by atoms with Crippen LogP contribution >= 0.6 is 15.2 Å². The maximum Gasteiger partial charge on any atom is 0.346 e. The van der Waals surface area contributed by atoms with Crippen LogP contribution in [0.15, 0.2) is 0 Å². The molecule has 10 heteroatoms. The van der Waals surface area contributed by atoms with Crippen LogP contribution in [0.2, 0.25) is 0 Å². The van der Waals surface area contributed by atoms with Crippen LogP contribution in [-0.4, -0.2) is 42.4 Å². The van der Waals surface area contributed by atoms with Crippen LogP contribution in [0.25, 0.3) is 0 Å². The summed E-state index contributed by atoms with van der Waals surface area (Å²) in [5.74, 6) is -0.678. The summed E-state index contributed by atoms with van der Waals surface area (Å²) in [5, 5.41) is -1.43. The van der Waals surface area contributed by atoms with E-state index in [1.54, 1.807) is 62.3 Å². The fraction of sp³-hybridized carbons (Fsp3) is 0.941. The first-order chi connectivity index (χ1) is 12.3. The minimum absolute atomic E-state index is 0.131. The van der Waals surface area contributed by atoms with Crippen LogP contribution in [0.3, 0.4) is 0 Å². The predicted molar refractivity (Wildman–Crippen MR) is 105 cm³/mol. The summed E-state index contributed by atoms with van der Waals surface area (Å²) < 4.78 is 54.7. The Hall–Kier alpha value is -0.230. The molecule has 0 saturated heterocycles. The zero-order chi connectivity index (χ0) is 21.4. The molecule has 0 aliphatic rings. The van der Waals surface area contributed by atoms with E-state index < -0.39 is 57.4 Å². The summed E-state index contributed by atoms with van der Waals surface area (Å²) in [6.45, 7) is 15.2. The van der Waals surface area contributed by atoms with Crippen LogP contribution in [0.4, 0.5) is 0 Å². The standard InChI is InChI=1S/C17H36O8P2/c1-10-21-16(18)11-17(26(19,22-12(2)3)23-13(4)5)27(20,24-14(6)7)25-15(8)9/h12-15,17H,10-11H2,1-9H3. The Morgan fingerprint density at radius 3 is 1.22 bits per heavy atom. The van der Waals surface area contributed by atoms with Crippen molar-refractivity contribution in [3.8, 4) is 0 Å². The van der Waals surface area contributed by atoms with Gasteiger partial charge >= 0.3 is 21.2 Å². The number of hydrogen-bond donors (Lipinski definition) is 0. The second-order valence-electron chi connectivity index (χ2n) is 7.19.